The highest BCUT2D eigenvalue weighted by Crippen LogP contribution is 2.10. The molecule has 0 radical (unpaired) electrons. The quantitative estimate of drug-likeness (QED) is 0.377. The summed E-state index contributed by atoms with van der Waals surface area (Å²) in [6.45, 7) is 6.11. The molecule has 1 aliphatic rings. The van der Waals surface area contributed by atoms with Crippen LogP contribution in [0.15, 0.2) is 48.5 Å². The molecule has 12 heteroatoms. The van der Waals surface area contributed by atoms with Crippen LogP contribution < -0.4 is 10.6 Å². The topological polar surface area (TPSA) is 83.1 Å². The number of carbonyl (C=O) groups is 2. The van der Waals surface area contributed by atoms with Crippen LogP contribution in [0.3, 0.4) is 0 Å². The summed E-state index contributed by atoms with van der Waals surface area (Å²) >= 11 is 0. The van der Waals surface area contributed by atoms with Gasteiger partial charge in [0.25, 0.3) is 0 Å². The monoisotopic (exact) mass is 562 g/mol. The van der Waals surface area contributed by atoms with Crippen LogP contribution in [0.2, 0.25) is 0 Å². The zero-order valence-corrected chi connectivity index (χ0v) is 22.1. The van der Waals surface area contributed by atoms with Crippen molar-refractivity contribution in [2.75, 3.05) is 63.1 Å². The van der Waals surface area contributed by atoms with Gasteiger partial charge in [0.2, 0.25) is 0 Å². The Labute approximate surface area is 228 Å². The standard InChI is InChI=1S/C25H32F2N4O4.2ClH/c26-20-4-8-22(9-5-20)28-24(32)34-18-2-14-30-12-1-13-31(17-16-30)15-3-19-35-25(33)29-23-10-6-21(27)7-11-23;;/h4-11H,1-3,12-19H2,(H,28,32)(H,29,33);2*1H. The Kier molecular flexibility index (Phi) is 15.5. The lowest BCUT2D eigenvalue weighted by atomic mass is 10.3. The molecule has 2 amide bonds. The van der Waals surface area contributed by atoms with Crippen LogP contribution in [-0.2, 0) is 9.47 Å². The number of amides is 2. The first-order valence-electron chi connectivity index (χ1n) is 11.8. The summed E-state index contributed by atoms with van der Waals surface area (Å²) in [4.78, 5) is 28.4. The van der Waals surface area contributed by atoms with Crippen molar-refractivity contribution in [2.45, 2.75) is 19.3 Å². The van der Waals surface area contributed by atoms with Crippen molar-refractivity contribution in [1.29, 1.82) is 0 Å². The molecular weight excluding hydrogens is 529 g/mol. The number of hydrogen-bond donors (Lipinski definition) is 2. The number of benzene rings is 2. The van der Waals surface area contributed by atoms with Crippen molar-refractivity contribution in [3.05, 3.63) is 60.2 Å². The Morgan fingerprint density at radius 3 is 1.43 bits per heavy atom. The average molecular weight is 563 g/mol. The number of carbonyl (C=O) groups excluding carboxylic acids is 2. The molecule has 1 heterocycles. The molecular formula is C25H34Cl2F2N4O4. The van der Waals surface area contributed by atoms with Crippen molar-refractivity contribution in [3.8, 4) is 0 Å². The van der Waals surface area contributed by atoms with E-state index in [0.29, 0.717) is 24.6 Å². The van der Waals surface area contributed by atoms with E-state index in [1.807, 2.05) is 0 Å². The van der Waals surface area contributed by atoms with Gasteiger partial charge in [-0.25, -0.2) is 18.4 Å². The van der Waals surface area contributed by atoms with Crippen molar-refractivity contribution in [3.63, 3.8) is 0 Å². The molecule has 3 rings (SSSR count). The van der Waals surface area contributed by atoms with E-state index in [2.05, 4.69) is 20.4 Å². The first kappa shape index (κ1) is 32.4. The molecule has 1 saturated heterocycles. The highest BCUT2D eigenvalue weighted by atomic mass is 35.5. The largest absolute Gasteiger partial charge is 0.449 e. The number of ether oxygens (including phenoxy) is 2. The molecule has 8 nitrogen and oxygen atoms in total. The molecule has 2 aromatic rings. The number of halogens is 4. The lowest BCUT2D eigenvalue weighted by Gasteiger charge is -2.21. The number of hydrogen-bond acceptors (Lipinski definition) is 6. The van der Waals surface area contributed by atoms with E-state index in [9.17, 15) is 18.4 Å². The molecule has 1 aliphatic heterocycles. The molecule has 37 heavy (non-hydrogen) atoms. The van der Waals surface area contributed by atoms with Gasteiger partial charge in [-0.05, 0) is 80.9 Å². The molecule has 206 valence electrons. The minimum absolute atomic E-state index is 0. The van der Waals surface area contributed by atoms with Crippen LogP contribution in [0, 0.1) is 11.6 Å². The fraction of sp³-hybridized carbons (Fsp3) is 0.440. The molecule has 0 bridgehead atoms. The second kappa shape index (κ2) is 17.7. The molecule has 0 unspecified atom stereocenters. The fourth-order valence-corrected chi connectivity index (χ4v) is 3.75. The van der Waals surface area contributed by atoms with Gasteiger partial charge in [0.15, 0.2) is 0 Å². The third-order valence-electron chi connectivity index (χ3n) is 5.57. The summed E-state index contributed by atoms with van der Waals surface area (Å²) in [6, 6.07) is 11.0. The summed E-state index contributed by atoms with van der Waals surface area (Å²) in [5.74, 6) is -0.724. The summed E-state index contributed by atoms with van der Waals surface area (Å²) in [5.41, 5.74) is 0.978. The van der Waals surface area contributed by atoms with E-state index in [1.165, 1.54) is 48.5 Å². The molecule has 0 atom stereocenters. The van der Waals surface area contributed by atoms with Crippen LogP contribution in [0.25, 0.3) is 0 Å². The van der Waals surface area contributed by atoms with E-state index < -0.39 is 12.2 Å². The third kappa shape index (κ3) is 12.9. The van der Waals surface area contributed by atoms with Gasteiger partial charge in [0.1, 0.15) is 11.6 Å². The molecule has 0 saturated carbocycles. The van der Waals surface area contributed by atoms with E-state index in [4.69, 9.17) is 9.47 Å². The van der Waals surface area contributed by atoms with Crippen LogP contribution in [0.4, 0.5) is 29.7 Å². The van der Waals surface area contributed by atoms with Crippen molar-refractivity contribution in [2.24, 2.45) is 0 Å². The van der Waals surface area contributed by atoms with Gasteiger partial charge >= 0.3 is 12.2 Å². The maximum Gasteiger partial charge on any atom is 0.411 e. The van der Waals surface area contributed by atoms with Gasteiger partial charge in [0, 0.05) is 37.6 Å². The first-order chi connectivity index (χ1) is 17.0. The van der Waals surface area contributed by atoms with Gasteiger partial charge in [0.05, 0.1) is 13.2 Å². The van der Waals surface area contributed by atoms with Gasteiger partial charge in [-0.15, -0.1) is 24.8 Å². The Bertz CT molecular complexity index is 864. The lowest BCUT2D eigenvalue weighted by molar-refractivity contribution is 0.149. The van der Waals surface area contributed by atoms with Crippen LogP contribution in [-0.4, -0.2) is 74.5 Å². The second-order valence-electron chi connectivity index (χ2n) is 8.28. The molecule has 1 fully saturated rings. The van der Waals surface area contributed by atoms with Gasteiger partial charge in [-0.1, -0.05) is 0 Å². The highest BCUT2D eigenvalue weighted by molar-refractivity contribution is 5.86. The molecule has 0 aliphatic carbocycles. The first-order valence-corrected chi connectivity index (χ1v) is 11.8. The fourth-order valence-electron chi connectivity index (χ4n) is 3.75. The minimum atomic E-state index is -0.549. The second-order valence-corrected chi connectivity index (χ2v) is 8.28. The predicted molar refractivity (Wildman–Crippen MR) is 144 cm³/mol. The third-order valence-corrected chi connectivity index (χ3v) is 5.57. The Balaban J connectivity index is 0.00000342. The predicted octanol–water partition coefficient (Wildman–Crippen LogP) is 5.39. The molecule has 2 N–H and O–H groups in total. The molecule has 0 aromatic heterocycles. The lowest BCUT2D eigenvalue weighted by Crippen LogP contribution is -2.32. The Morgan fingerprint density at radius 2 is 1.05 bits per heavy atom. The summed E-state index contributed by atoms with van der Waals surface area (Å²) in [5, 5.41) is 5.14. The van der Waals surface area contributed by atoms with E-state index in [-0.39, 0.29) is 36.4 Å². The molecule has 2 aromatic carbocycles. The summed E-state index contributed by atoms with van der Waals surface area (Å²) < 4.78 is 36.2. The Hall–Kier alpha value is -2.66. The Morgan fingerprint density at radius 1 is 0.676 bits per heavy atom. The maximum absolute atomic E-state index is 12.9. The zero-order valence-electron chi connectivity index (χ0n) is 20.5. The van der Waals surface area contributed by atoms with Crippen molar-refractivity contribution in [1.82, 2.24) is 9.80 Å². The summed E-state index contributed by atoms with van der Waals surface area (Å²) in [6.07, 6.45) is 1.40. The van der Waals surface area contributed by atoms with Crippen molar-refractivity contribution < 1.29 is 27.8 Å². The highest BCUT2D eigenvalue weighted by Gasteiger charge is 2.15. The van der Waals surface area contributed by atoms with E-state index >= 15 is 0 Å². The maximum atomic E-state index is 12.9. The van der Waals surface area contributed by atoms with E-state index in [1.54, 1.807) is 0 Å². The normalized spacial score (nSPS) is 13.9. The van der Waals surface area contributed by atoms with Crippen LogP contribution in [0.5, 0.6) is 0 Å². The number of nitrogens with zero attached hydrogens (tertiary/aromatic N) is 2. The SMILES string of the molecule is Cl.Cl.O=C(Nc1ccc(F)cc1)OCCCN1CCCN(CCCOC(=O)Nc2ccc(F)cc2)CC1. The minimum Gasteiger partial charge on any atom is -0.449 e. The number of rotatable bonds is 10. The number of nitrogens with one attached hydrogen (secondary N) is 2. The molecule has 0 spiro atoms. The smallest absolute Gasteiger partial charge is 0.411 e. The van der Waals surface area contributed by atoms with E-state index in [0.717, 1.165) is 58.5 Å². The van der Waals surface area contributed by atoms with Gasteiger partial charge in [-0.2, -0.15) is 0 Å². The van der Waals surface area contributed by atoms with Gasteiger partial charge < -0.3 is 19.3 Å². The number of anilines is 2. The zero-order chi connectivity index (χ0) is 24.9. The van der Waals surface area contributed by atoms with Crippen molar-refractivity contribution >= 4 is 48.4 Å². The average Bonchev–Trinajstić information content (AvgIpc) is 3.08. The van der Waals surface area contributed by atoms with Gasteiger partial charge in [-0.3, -0.25) is 10.6 Å². The van der Waals surface area contributed by atoms with Crippen LogP contribution >= 0.6 is 24.8 Å². The van der Waals surface area contributed by atoms with Crippen LogP contribution in [0.1, 0.15) is 19.3 Å². The summed E-state index contributed by atoms with van der Waals surface area (Å²) in [7, 11) is 0.